The first kappa shape index (κ1) is 14.7. The van der Waals surface area contributed by atoms with Crippen molar-refractivity contribution in [3.05, 3.63) is 23.2 Å². The van der Waals surface area contributed by atoms with Gasteiger partial charge in [-0.2, -0.15) is 0 Å². The largest absolute Gasteiger partial charge is 0.465 e. The molecule has 102 valence electrons. The van der Waals surface area contributed by atoms with Crippen LogP contribution in [0.4, 0.5) is 0 Å². The number of nitrogens with one attached hydrogen (secondary N) is 1. The number of carbonyl (C=O) groups excluding carboxylic acids is 1. The Morgan fingerprint density at radius 1 is 1.50 bits per heavy atom. The maximum atomic E-state index is 11.4. The molecule has 0 aromatic carbocycles. The lowest BCUT2D eigenvalue weighted by Crippen LogP contribution is -2.20. The number of carbonyl (C=O) groups is 1. The van der Waals surface area contributed by atoms with Crippen molar-refractivity contribution in [3.63, 3.8) is 0 Å². The summed E-state index contributed by atoms with van der Waals surface area (Å²) in [6.07, 6.45) is 1.08. The Morgan fingerprint density at radius 3 is 2.83 bits per heavy atom. The molecule has 1 aromatic heterocycles. The van der Waals surface area contributed by atoms with Crippen LogP contribution in [0.2, 0.25) is 0 Å². The summed E-state index contributed by atoms with van der Waals surface area (Å²) >= 11 is 0. The predicted octanol–water partition coefficient (Wildman–Crippen LogP) is 1.42. The summed E-state index contributed by atoms with van der Waals surface area (Å²) in [5.74, 6) is 1.01. The molecule has 1 aromatic rings. The molecule has 0 spiro atoms. The van der Waals surface area contributed by atoms with Crippen molar-refractivity contribution in [1.29, 1.82) is 0 Å². The molecule has 0 saturated heterocycles. The van der Waals surface area contributed by atoms with Crippen molar-refractivity contribution in [2.45, 2.75) is 19.9 Å². The van der Waals surface area contributed by atoms with E-state index in [0.717, 1.165) is 25.3 Å². The monoisotopic (exact) mass is 254 g/mol. The van der Waals surface area contributed by atoms with Crippen LogP contribution >= 0.6 is 0 Å². The fourth-order valence-electron chi connectivity index (χ4n) is 1.68. The Labute approximate surface area is 108 Å². The molecular weight excluding hydrogens is 232 g/mol. The summed E-state index contributed by atoms with van der Waals surface area (Å²) < 4.78 is 10.2. The fourth-order valence-corrected chi connectivity index (χ4v) is 1.68. The van der Waals surface area contributed by atoms with E-state index in [1.807, 2.05) is 0 Å². The normalized spacial score (nSPS) is 10.9. The molecule has 5 nitrogen and oxygen atoms in total. The van der Waals surface area contributed by atoms with Crippen LogP contribution in [0.3, 0.4) is 0 Å². The van der Waals surface area contributed by atoms with Gasteiger partial charge in [-0.25, -0.2) is 4.79 Å². The molecule has 0 aliphatic rings. The highest BCUT2D eigenvalue weighted by Crippen LogP contribution is 2.15. The van der Waals surface area contributed by atoms with Crippen LogP contribution in [0, 0.1) is 6.92 Å². The lowest BCUT2D eigenvalue weighted by molar-refractivity contribution is 0.0599. The molecule has 0 saturated carbocycles. The van der Waals surface area contributed by atoms with E-state index >= 15 is 0 Å². The molecule has 0 atom stereocenters. The molecule has 0 unspecified atom stereocenters. The van der Waals surface area contributed by atoms with Gasteiger partial charge in [0.15, 0.2) is 0 Å². The lowest BCUT2D eigenvalue weighted by atomic mass is 10.2. The van der Waals surface area contributed by atoms with Crippen molar-refractivity contribution in [2.24, 2.45) is 0 Å². The van der Waals surface area contributed by atoms with E-state index < -0.39 is 0 Å². The molecule has 18 heavy (non-hydrogen) atoms. The third kappa shape index (κ3) is 4.50. The summed E-state index contributed by atoms with van der Waals surface area (Å²) in [6, 6.07) is 1.74. The van der Waals surface area contributed by atoms with Crippen molar-refractivity contribution in [2.75, 3.05) is 34.3 Å². The maximum absolute atomic E-state index is 11.4. The Morgan fingerprint density at radius 2 is 2.22 bits per heavy atom. The van der Waals surface area contributed by atoms with Gasteiger partial charge in [0.05, 0.1) is 13.7 Å². The molecule has 0 amide bonds. The average Bonchev–Trinajstić information content (AvgIpc) is 2.69. The number of furan rings is 1. The first-order valence-corrected chi connectivity index (χ1v) is 6.07. The SMILES string of the molecule is COC(=O)c1cc(CNCCCN(C)C)oc1C. The Balaban J connectivity index is 2.37. The van der Waals surface area contributed by atoms with E-state index in [4.69, 9.17) is 4.42 Å². The highest BCUT2D eigenvalue weighted by molar-refractivity contribution is 5.90. The zero-order valence-corrected chi connectivity index (χ0v) is 11.6. The first-order valence-electron chi connectivity index (χ1n) is 6.07. The number of nitrogens with zero attached hydrogens (tertiary/aromatic N) is 1. The second-order valence-corrected chi connectivity index (χ2v) is 4.51. The number of rotatable bonds is 7. The Bertz CT molecular complexity index is 386. The zero-order valence-electron chi connectivity index (χ0n) is 11.6. The first-order chi connectivity index (χ1) is 8.54. The minimum atomic E-state index is -0.352. The fraction of sp³-hybridized carbons (Fsp3) is 0.615. The molecule has 5 heteroatoms. The highest BCUT2D eigenvalue weighted by atomic mass is 16.5. The van der Waals surface area contributed by atoms with Gasteiger partial charge in [-0.05, 0) is 46.6 Å². The lowest BCUT2D eigenvalue weighted by Gasteiger charge is -2.08. The van der Waals surface area contributed by atoms with Gasteiger partial charge in [0.25, 0.3) is 0 Å². The van der Waals surface area contributed by atoms with Crippen LogP contribution in [0.15, 0.2) is 10.5 Å². The maximum Gasteiger partial charge on any atom is 0.341 e. The predicted molar refractivity (Wildman–Crippen MR) is 69.7 cm³/mol. The zero-order chi connectivity index (χ0) is 13.5. The molecule has 0 radical (unpaired) electrons. The van der Waals surface area contributed by atoms with Crippen LogP contribution in [0.25, 0.3) is 0 Å². The number of ether oxygens (including phenoxy) is 1. The summed E-state index contributed by atoms with van der Waals surface area (Å²) in [5.41, 5.74) is 0.502. The van der Waals surface area contributed by atoms with E-state index in [0.29, 0.717) is 17.9 Å². The van der Waals surface area contributed by atoms with Gasteiger partial charge < -0.3 is 19.4 Å². The molecular formula is C13H22N2O3. The number of esters is 1. The topological polar surface area (TPSA) is 54.7 Å². The number of hydrogen-bond acceptors (Lipinski definition) is 5. The van der Waals surface area contributed by atoms with Crippen molar-refractivity contribution >= 4 is 5.97 Å². The Kier molecular flexibility index (Phi) is 5.88. The van der Waals surface area contributed by atoms with Crippen LogP contribution < -0.4 is 5.32 Å². The van der Waals surface area contributed by atoms with Gasteiger partial charge >= 0.3 is 5.97 Å². The number of aryl methyl sites for hydroxylation is 1. The summed E-state index contributed by atoms with van der Waals surface area (Å²) in [4.78, 5) is 13.5. The molecule has 1 rings (SSSR count). The molecule has 0 aliphatic heterocycles. The van der Waals surface area contributed by atoms with Gasteiger partial charge in [0, 0.05) is 0 Å². The minimum Gasteiger partial charge on any atom is -0.465 e. The van der Waals surface area contributed by atoms with Gasteiger partial charge in [-0.15, -0.1) is 0 Å². The summed E-state index contributed by atoms with van der Waals surface area (Å²) in [6.45, 7) is 4.37. The van der Waals surface area contributed by atoms with Crippen molar-refractivity contribution < 1.29 is 13.9 Å². The average molecular weight is 254 g/mol. The quantitative estimate of drug-likeness (QED) is 0.589. The van der Waals surface area contributed by atoms with E-state index in [9.17, 15) is 4.79 Å². The third-order valence-electron chi connectivity index (χ3n) is 2.63. The molecule has 1 N–H and O–H groups in total. The van der Waals surface area contributed by atoms with Gasteiger partial charge in [0.2, 0.25) is 0 Å². The van der Waals surface area contributed by atoms with Crippen LogP contribution in [0.1, 0.15) is 28.3 Å². The van der Waals surface area contributed by atoms with Crippen LogP contribution in [-0.4, -0.2) is 45.2 Å². The standard InChI is InChI=1S/C13H22N2O3/c1-10-12(13(16)17-4)8-11(18-10)9-14-6-5-7-15(2)3/h8,14H,5-7,9H2,1-4H3. The van der Waals surface area contributed by atoms with Crippen molar-refractivity contribution in [3.8, 4) is 0 Å². The molecule has 1 heterocycles. The number of hydrogen-bond donors (Lipinski definition) is 1. The van der Waals surface area contributed by atoms with Crippen LogP contribution in [-0.2, 0) is 11.3 Å². The van der Waals surface area contributed by atoms with Gasteiger partial charge in [0.1, 0.15) is 17.1 Å². The molecule has 0 fully saturated rings. The van der Waals surface area contributed by atoms with E-state index in [1.165, 1.54) is 7.11 Å². The van der Waals surface area contributed by atoms with E-state index in [2.05, 4.69) is 29.0 Å². The van der Waals surface area contributed by atoms with Crippen LogP contribution in [0.5, 0.6) is 0 Å². The minimum absolute atomic E-state index is 0.352. The third-order valence-corrected chi connectivity index (χ3v) is 2.63. The summed E-state index contributed by atoms with van der Waals surface area (Å²) in [7, 11) is 5.48. The smallest absolute Gasteiger partial charge is 0.341 e. The van der Waals surface area contributed by atoms with Gasteiger partial charge in [-0.3, -0.25) is 0 Å². The van der Waals surface area contributed by atoms with E-state index in [1.54, 1.807) is 13.0 Å². The number of methoxy groups -OCH3 is 1. The van der Waals surface area contributed by atoms with E-state index in [-0.39, 0.29) is 5.97 Å². The Hall–Kier alpha value is -1.33. The molecule has 0 bridgehead atoms. The van der Waals surface area contributed by atoms with Crippen molar-refractivity contribution in [1.82, 2.24) is 10.2 Å². The highest BCUT2D eigenvalue weighted by Gasteiger charge is 2.14. The molecule has 0 aliphatic carbocycles. The second-order valence-electron chi connectivity index (χ2n) is 4.51. The summed E-state index contributed by atoms with van der Waals surface area (Å²) in [5, 5.41) is 3.28. The second kappa shape index (κ2) is 7.18. The van der Waals surface area contributed by atoms with Gasteiger partial charge in [-0.1, -0.05) is 0 Å².